The average Bonchev–Trinajstić information content (AvgIpc) is 2.34. The largest absolute Gasteiger partial charge is 0.508 e. The molecule has 1 aromatic carbocycles. The van der Waals surface area contributed by atoms with E-state index in [0.717, 1.165) is 31.8 Å². The SMILES string of the molecule is Oc1ccc(CNCC2CCC(Cl)CC2)cc1. The number of aromatic hydroxyl groups is 1. The van der Waals surface area contributed by atoms with Gasteiger partial charge in [-0.2, -0.15) is 0 Å². The molecular formula is C14H20ClNO. The molecule has 0 atom stereocenters. The summed E-state index contributed by atoms with van der Waals surface area (Å²) in [4.78, 5) is 0. The molecule has 2 N–H and O–H groups in total. The van der Waals surface area contributed by atoms with Crippen molar-refractivity contribution in [2.75, 3.05) is 6.54 Å². The van der Waals surface area contributed by atoms with E-state index < -0.39 is 0 Å². The highest BCUT2D eigenvalue weighted by Crippen LogP contribution is 2.27. The number of hydrogen-bond acceptors (Lipinski definition) is 2. The van der Waals surface area contributed by atoms with Gasteiger partial charge in [0.05, 0.1) is 0 Å². The minimum Gasteiger partial charge on any atom is -0.508 e. The summed E-state index contributed by atoms with van der Waals surface area (Å²) in [6, 6.07) is 7.38. The van der Waals surface area contributed by atoms with Gasteiger partial charge in [0.2, 0.25) is 0 Å². The summed E-state index contributed by atoms with van der Waals surface area (Å²) < 4.78 is 0. The molecule has 0 saturated heterocycles. The summed E-state index contributed by atoms with van der Waals surface area (Å²) in [6.45, 7) is 1.95. The Balaban J connectivity index is 1.67. The third-order valence-corrected chi connectivity index (χ3v) is 3.91. The first kappa shape index (κ1) is 12.7. The van der Waals surface area contributed by atoms with Crippen LogP contribution in [0.2, 0.25) is 0 Å². The predicted octanol–water partition coefficient (Wildman–Crippen LogP) is 3.28. The van der Waals surface area contributed by atoms with Gasteiger partial charge in [-0.05, 0) is 55.8 Å². The number of rotatable bonds is 4. The van der Waals surface area contributed by atoms with Crippen LogP contribution in [0.4, 0.5) is 0 Å². The van der Waals surface area contributed by atoms with E-state index in [1.54, 1.807) is 12.1 Å². The maximum atomic E-state index is 9.18. The van der Waals surface area contributed by atoms with Crippen LogP contribution in [0, 0.1) is 5.92 Å². The first-order valence-corrected chi connectivity index (χ1v) is 6.80. The number of hydrogen-bond donors (Lipinski definition) is 2. The standard InChI is InChI=1S/C14H20ClNO/c15-13-5-1-11(2-6-13)9-16-10-12-3-7-14(17)8-4-12/h3-4,7-8,11,13,16-17H,1-2,5-6,9-10H2. The molecule has 0 aliphatic heterocycles. The Hall–Kier alpha value is -0.730. The maximum absolute atomic E-state index is 9.18. The number of alkyl halides is 1. The molecule has 94 valence electrons. The lowest BCUT2D eigenvalue weighted by molar-refractivity contribution is 0.345. The second-order valence-electron chi connectivity index (χ2n) is 4.92. The fourth-order valence-electron chi connectivity index (χ4n) is 2.36. The number of phenolic OH excluding ortho intramolecular Hbond substituents is 1. The second-order valence-corrected chi connectivity index (χ2v) is 5.53. The van der Waals surface area contributed by atoms with Gasteiger partial charge in [0.25, 0.3) is 0 Å². The van der Waals surface area contributed by atoms with Gasteiger partial charge in [0.15, 0.2) is 0 Å². The van der Waals surface area contributed by atoms with Crippen LogP contribution >= 0.6 is 11.6 Å². The van der Waals surface area contributed by atoms with Crippen molar-refractivity contribution < 1.29 is 5.11 Å². The van der Waals surface area contributed by atoms with Crippen LogP contribution in [0.1, 0.15) is 31.2 Å². The predicted molar refractivity (Wildman–Crippen MR) is 71.4 cm³/mol. The molecule has 1 aromatic rings. The van der Waals surface area contributed by atoms with Crippen LogP contribution in [0.15, 0.2) is 24.3 Å². The Morgan fingerprint density at radius 3 is 2.41 bits per heavy atom. The molecule has 1 aliphatic carbocycles. The quantitative estimate of drug-likeness (QED) is 0.808. The third kappa shape index (κ3) is 4.21. The molecule has 0 bridgehead atoms. The van der Waals surface area contributed by atoms with Crippen molar-refractivity contribution in [2.24, 2.45) is 5.92 Å². The normalized spacial score (nSPS) is 24.8. The lowest BCUT2D eigenvalue weighted by atomic mass is 9.89. The van der Waals surface area contributed by atoms with Crippen LogP contribution in [0.3, 0.4) is 0 Å². The smallest absolute Gasteiger partial charge is 0.115 e. The van der Waals surface area contributed by atoms with E-state index in [9.17, 15) is 5.11 Å². The molecule has 0 amide bonds. The Morgan fingerprint density at radius 1 is 1.12 bits per heavy atom. The Kier molecular flexibility index (Phi) is 4.69. The fourth-order valence-corrected chi connectivity index (χ4v) is 2.61. The van der Waals surface area contributed by atoms with E-state index in [2.05, 4.69) is 5.32 Å². The molecule has 3 heteroatoms. The van der Waals surface area contributed by atoms with Gasteiger partial charge in [-0.1, -0.05) is 12.1 Å². The zero-order chi connectivity index (χ0) is 12.1. The molecule has 1 aliphatic rings. The van der Waals surface area contributed by atoms with E-state index in [4.69, 9.17) is 11.6 Å². The van der Waals surface area contributed by atoms with Crippen molar-refractivity contribution in [3.8, 4) is 5.75 Å². The first-order valence-electron chi connectivity index (χ1n) is 6.37. The van der Waals surface area contributed by atoms with Crippen molar-refractivity contribution in [3.05, 3.63) is 29.8 Å². The lowest BCUT2D eigenvalue weighted by Crippen LogP contribution is -2.26. The summed E-state index contributed by atoms with van der Waals surface area (Å²) in [7, 11) is 0. The number of phenols is 1. The highest BCUT2D eigenvalue weighted by atomic mass is 35.5. The van der Waals surface area contributed by atoms with Gasteiger partial charge in [-0.15, -0.1) is 11.6 Å². The van der Waals surface area contributed by atoms with Crippen molar-refractivity contribution in [2.45, 2.75) is 37.6 Å². The fraction of sp³-hybridized carbons (Fsp3) is 0.571. The zero-order valence-corrected chi connectivity index (χ0v) is 10.8. The summed E-state index contributed by atoms with van der Waals surface area (Å²) in [5, 5.41) is 13.1. The van der Waals surface area contributed by atoms with Crippen molar-refractivity contribution >= 4 is 11.6 Å². The molecule has 2 nitrogen and oxygen atoms in total. The molecule has 0 aromatic heterocycles. The Bertz CT molecular complexity index is 331. The van der Waals surface area contributed by atoms with E-state index in [0.29, 0.717) is 11.1 Å². The van der Waals surface area contributed by atoms with Gasteiger partial charge in [-0.3, -0.25) is 0 Å². The lowest BCUT2D eigenvalue weighted by Gasteiger charge is -2.25. The zero-order valence-electron chi connectivity index (χ0n) is 10.0. The molecule has 2 rings (SSSR count). The van der Waals surface area contributed by atoms with Crippen LogP contribution in [-0.2, 0) is 6.54 Å². The maximum Gasteiger partial charge on any atom is 0.115 e. The van der Waals surface area contributed by atoms with E-state index >= 15 is 0 Å². The number of nitrogens with one attached hydrogen (secondary N) is 1. The third-order valence-electron chi connectivity index (χ3n) is 3.47. The Morgan fingerprint density at radius 2 is 1.76 bits per heavy atom. The number of benzene rings is 1. The summed E-state index contributed by atoms with van der Waals surface area (Å²) in [5.74, 6) is 1.11. The molecule has 0 radical (unpaired) electrons. The minimum atomic E-state index is 0.328. The molecule has 0 heterocycles. The summed E-state index contributed by atoms with van der Waals surface area (Å²) in [5.41, 5.74) is 1.22. The average molecular weight is 254 g/mol. The molecule has 0 unspecified atom stereocenters. The van der Waals surface area contributed by atoms with Gasteiger partial charge in [0.1, 0.15) is 5.75 Å². The summed E-state index contributed by atoms with van der Waals surface area (Å²) in [6.07, 6.45) is 4.81. The van der Waals surface area contributed by atoms with Crippen LogP contribution in [-0.4, -0.2) is 17.0 Å². The van der Waals surface area contributed by atoms with Gasteiger partial charge < -0.3 is 10.4 Å². The summed E-state index contributed by atoms with van der Waals surface area (Å²) >= 11 is 6.08. The molecule has 1 fully saturated rings. The van der Waals surface area contributed by atoms with Gasteiger partial charge >= 0.3 is 0 Å². The molecule has 17 heavy (non-hydrogen) atoms. The highest BCUT2D eigenvalue weighted by Gasteiger charge is 2.18. The molecule has 0 spiro atoms. The van der Waals surface area contributed by atoms with Crippen molar-refractivity contribution in [3.63, 3.8) is 0 Å². The topological polar surface area (TPSA) is 32.3 Å². The minimum absolute atomic E-state index is 0.328. The van der Waals surface area contributed by atoms with Crippen LogP contribution in [0.5, 0.6) is 5.75 Å². The van der Waals surface area contributed by atoms with E-state index in [-0.39, 0.29) is 0 Å². The number of halogens is 1. The van der Waals surface area contributed by atoms with Crippen molar-refractivity contribution in [1.82, 2.24) is 5.32 Å². The Labute approximate surface area is 108 Å². The monoisotopic (exact) mass is 253 g/mol. The van der Waals surface area contributed by atoms with Crippen LogP contribution in [0.25, 0.3) is 0 Å². The van der Waals surface area contributed by atoms with Crippen LogP contribution < -0.4 is 5.32 Å². The highest BCUT2D eigenvalue weighted by molar-refractivity contribution is 6.20. The second kappa shape index (κ2) is 6.27. The molecule has 1 saturated carbocycles. The molecular weight excluding hydrogens is 234 g/mol. The van der Waals surface area contributed by atoms with Crippen molar-refractivity contribution in [1.29, 1.82) is 0 Å². The van der Waals surface area contributed by atoms with Gasteiger partial charge in [-0.25, -0.2) is 0 Å². The van der Waals surface area contributed by atoms with E-state index in [1.807, 2.05) is 12.1 Å². The van der Waals surface area contributed by atoms with E-state index in [1.165, 1.54) is 18.4 Å². The van der Waals surface area contributed by atoms with Gasteiger partial charge in [0, 0.05) is 11.9 Å². The first-order chi connectivity index (χ1) is 8.24.